The van der Waals surface area contributed by atoms with E-state index in [0.717, 1.165) is 0 Å². The van der Waals surface area contributed by atoms with Crippen LogP contribution in [0.25, 0.3) is 0 Å². The number of benzene rings is 1. The molecule has 1 aromatic heterocycles. The number of anilines is 3. The molecule has 17 heavy (non-hydrogen) atoms. The van der Waals surface area contributed by atoms with E-state index in [1.165, 1.54) is 0 Å². The van der Waals surface area contributed by atoms with Crippen LogP contribution < -0.4 is 10.6 Å². The number of nitrogens with zero attached hydrogens (tertiary/aromatic N) is 3. The van der Waals surface area contributed by atoms with E-state index in [1.807, 2.05) is 18.2 Å². The van der Waals surface area contributed by atoms with Crippen LogP contribution in [0.5, 0.6) is 0 Å². The van der Waals surface area contributed by atoms with Gasteiger partial charge in [-0.05, 0) is 23.7 Å². The third-order valence-electron chi connectivity index (χ3n) is 1.95. The van der Waals surface area contributed by atoms with Gasteiger partial charge in [0, 0.05) is 7.05 Å². The fraction of sp³-hybridized carbons (Fsp3) is 0.100. The van der Waals surface area contributed by atoms with Crippen LogP contribution in [-0.2, 0) is 0 Å². The second-order valence-corrected chi connectivity index (χ2v) is 3.85. The molecule has 5 nitrogen and oxygen atoms in total. The Hall–Kier alpha value is -1.59. The average Bonchev–Trinajstić information content (AvgIpc) is 2.31. The van der Waals surface area contributed by atoms with Gasteiger partial charge in [0.25, 0.3) is 0 Å². The lowest BCUT2D eigenvalue weighted by molar-refractivity contribution is 1.05. The maximum Gasteiger partial charge on any atom is 0.233 e. The van der Waals surface area contributed by atoms with Gasteiger partial charge in [-0.3, -0.25) is 0 Å². The zero-order valence-electron chi connectivity index (χ0n) is 8.91. The summed E-state index contributed by atoms with van der Waals surface area (Å²) in [6, 6.07) is 7.29. The van der Waals surface area contributed by atoms with Crippen molar-refractivity contribution in [3.63, 3.8) is 0 Å². The summed E-state index contributed by atoms with van der Waals surface area (Å²) in [7, 11) is 1.70. The van der Waals surface area contributed by atoms with E-state index in [1.54, 1.807) is 13.1 Å². The molecule has 0 aliphatic heterocycles. The van der Waals surface area contributed by atoms with Gasteiger partial charge in [0.1, 0.15) is 0 Å². The highest BCUT2D eigenvalue weighted by molar-refractivity contribution is 6.33. The molecule has 0 radical (unpaired) electrons. The molecule has 0 aliphatic rings. The van der Waals surface area contributed by atoms with E-state index in [0.29, 0.717) is 22.6 Å². The minimum absolute atomic E-state index is 0.110. The zero-order valence-corrected chi connectivity index (χ0v) is 10.4. The van der Waals surface area contributed by atoms with Crippen molar-refractivity contribution < 1.29 is 0 Å². The molecule has 1 aromatic carbocycles. The summed E-state index contributed by atoms with van der Waals surface area (Å²) < 4.78 is 0. The molecule has 0 amide bonds. The van der Waals surface area contributed by atoms with Crippen molar-refractivity contribution in [2.45, 2.75) is 0 Å². The van der Waals surface area contributed by atoms with Gasteiger partial charge in [0.05, 0.1) is 10.7 Å². The van der Waals surface area contributed by atoms with E-state index in [-0.39, 0.29) is 5.28 Å². The number of halogens is 2. The molecule has 7 heteroatoms. The van der Waals surface area contributed by atoms with Gasteiger partial charge in [0.2, 0.25) is 17.2 Å². The van der Waals surface area contributed by atoms with Gasteiger partial charge in [0.15, 0.2) is 0 Å². The molecular formula is C10H9Cl2N5. The predicted molar refractivity (Wildman–Crippen MR) is 69.1 cm³/mol. The third kappa shape index (κ3) is 2.95. The molecule has 2 aromatic rings. The summed E-state index contributed by atoms with van der Waals surface area (Å²) in [6.45, 7) is 0. The van der Waals surface area contributed by atoms with Crippen molar-refractivity contribution in [2.75, 3.05) is 17.7 Å². The first-order chi connectivity index (χ1) is 8.19. The smallest absolute Gasteiger partial charge is 0.233 e. The fourth-order valence-corrected chi connectivity index (χ4v) is 1.54. The molecular weight excluding hydrogens is 261 g/mol. The maximum atomic E-state index is 6.01. The van der Waals surface area contributed by atoms with Gasteiger partial charge in [-0.25, -0.2) is 0 Å². The second kappa shape index (κ2) is 5.16. The SMILES string of the molecule is CNc1nc(Cl)nc(Nc2ccccc2Cl)n1. The summed E-state index contributed by atoms with van der Waals surface area (Å²) in [5.74, 6) is 0.724. The first-order valence-corrected chi connectivity index (χ1v) is 5.55. The highest BCUT2D eigenvalue weighted by Gasteiger charge is 2.05. The maximum absolute atomic E-state index is 6.01. The first-order valence-electron chi connectivity index (χ1n) is 4.80. The number of hydrogen-bond donors (Lipinski definition) is 2. The Morgan fingerprint density at radius 1 is 1.00 bits per heavy atom. The number of hydrogen-bond acceptors (Lipinski definition) is 5. The Morgan fingerprint density at radius 2 is 1.71 bits per heavy atom. The van der Waals surface area contributed by atoms with Gasteiger partial charge in [-0.1, -0.05) is 23.7 Å². The van der Waals surface area contributed by atoms with Crippen LogP contribution in [0, 0.1) is 0 Å². The van der Waals surface area contributed by atoms with Crippen LogP contribution >= 0.6 is 23.2 Å². The van der Waals surface area contributed by atoms with Crippen molar-refractivity contribution in [1.82, 2.24) is 15.0 Å². The van der Waals surface area contributed by atoms with E-state index < -0.39 is 0 Å². The van der Waals surface area contributed by atoms with E-state index >= 15 is 0 Å². The summed E-state index contributed by atoms with van der Waals surface area (Å²) >= 11 is 11.8. The van der Waals surface area contributed by atoms with Crippen molar-refractivity contribution in [3.8, 4) is 0 Å². The van der Waals surface area contributed by atoms with Crippen LogP contribution in [0.4, 0.5) is 17.6 Å². The number of nitrogens with one attached hydrogen (secondary N) is 2. The molecule has 2 N–H and O–H groups in total. The van der Waals surface area contributed by atoms with E-state index in [9.17, 15) is 0 Å². The normalized spacial score (nSPS) is 10.1. The molecule has 1 heterocycles. The Morgan fingerprint density at radius 3 is 2.41 bits per heavy atom. The summed E-state index contributed by atoms with van der Waals surface area (Å²) in [4.78, 5) is 11.9. The highest BCUT2D eigenvalue weighted by atomic mass is 35.5. The summed E-state index contributed by atoms with van der Waals surface area (Å²) in [6.07, 6.45) is 0. The minimum atomic E-state index is 0.110. The Labute approximate surface area is 108 Å². The standard InChI is InChI=1S/C10H9Cl2N5/c1-13-9-15-8(12)16-10(17-9)14-7-5-3-2-4-6(7)11/h2-5H,1H3,(H2,13,14,15,16,17). The van der Waals surface area contributed by atoms with E-state index in [2.05, 4.69) is 25.6 Å². The number of aromatic nitrogens is 3. The summed E-state index contributed by atoms with van der Waals surface area (Å²) in [5.41, 5.74) is 0.707. The molecule has 0 atom stereocenters. The average molecular weight is 270 g/mol. The largest absolute Gasteiger partial charge is 0.357 e. The molecule has 0 aliphatic carbocycles. The second-order valence-electron chi connectivity index (χ2n) is 3.11. The van der Waals surface area contributed by atoms with Crippen LogP contribution in [0.15, 0.2) is 24.3 Å². The fourth-order valence-electron chi connectivity index (χ4n) is 1.20. The lowest BCUT2D eigenvalue weighted by Gasteiger charge is -2.07. The topological polar surface area (TPSA) is 62.7 Å². The summed E-state index contributed by atoms with van der Waals surface area (Å²) in [5, 5.41) is 6.45. The zero-order chi connectivity index (χ0) is 12.3. The van der Waals surface area contributed by atoms with Crippen LogP contribution in [0.1, 0.15) is 0 Å². The van der Waals surface area contributed by atoms with Gasteiger partial charge < -0.3 is 10.6 Å². The van der Waals surface area contributed by atoms with Crippen molar-refractivity contribution in [2.24, 2.45) is 0 Å². The molecule has 88 valence electrons. The molecule has 0 fully saturated rings. The van der Waals surface area contributed by atoms with Gasteiger partial charge in [-0.2, -0.15) is 15.0 Å². The monoisotopic (exact) mass is 269 g/mol. The van der Waals surface area contributed by atoms with E-state index in [4.69, 9.17) is 23.2 Å². The first kappa shape index (κ1) is 11.9. The van der Waals surface area contributed by atoms with Gasteiger partial charge >= 0.3 is 0 Å². The Balaban J connectivity index is 2.30. The molecule has 0 unspecified atom stereocenters. The van der Waals surface area contributed by atoms with Crippen molar-refractivity contribution in [1.29, 1.82) is 0 Å². The van der Waals surface area contributed by atoms with Crippen molar-refractivity contribution >= 4 is 40.8 Å². The molecule has 0 saturated carbocycles. The molecule has 2 rings (SSSR count). The van der Waals surface area contributed by atoms with Crippen LogP contribution in [0.2, 0.25) is 10.3 Å². The number of para-hydroxylation sites is 1. The van der Waals surface area contributed by atoms with Crippen LogP contribution in [0.3, 0.4) is 0 Å². The lowest BCUT2D eigenvalue weighted by atomic mass is 10.3. The van der Waals surface area contributed by atoms with Crippen molar-refractivity contribution in [3.05, 3.63) is 34.6 Å². The third-order valence-corrected chi connectivity index (χ3v) is 2.45. The Bertz CT molecular complexity index is 532. The Kier molecular flexibility index (Phi) is 3.61. The van der Waals surface area contributed by atoms with Crippen LogP contribution in [-0.4, -0.2) is 22.0 Å². The predicted octanol–water partition coefficient (Wildman–Crippen LogP) is 2.96. The van der Waals surface area contributed by atoms with Gasteiger partial charge in [-0.15, -0.1) is 0 Å². The quantitative estimate of drug-likeness (QED) is 0.897. The number of rotatable bonds is 3. The molecule has 0 bridgehead atoms. The minimum Gasteiger partial charge on any atom is -0.357 e. The highest BCUT2D eigenvalue weighted by Crippen LogP contribution is 2.23. The molecule has 0 spiro atoms. The lowest BCUT2D eigenvalue weighted by Crippen LogP contribution is -2.03. The molecule has 0 saturated heterocycles.